The van der Waals surface area contributed by atoms with Crippen LogP contribution in [0, 0.1) is 0 Å². The number of aliphatic hydroxyl groups is 4. The number of rotatable bonds is 8. The monoisotopic (exact) mass is 481 g/mol. The van der Waals surface area contributed by atoms with Gasteiger partial charge >= 0.3 is 0 Å². The number of amides is 1. The predicted molar refractivity (Wildman–Crippen MR) is 120 cm³/mol. The lowest BCUT2D eigenvalue weighted by Crippen LogP contribution is -2.66. The van der Waals surface area contributed by atoms with E-state index < -0.39 is 36.8 Å². The third-order valence-corrected chi connectivity index (χ3v) is 5.77. The number of methoxy groups -OCH3 is 1. The van der Waals surface area contributed by atoms with E-state index in [1.54, 1.807) is 43.5 Å². The number of ether oxygens (including phenoxy) is 3. The van der Waals surface area contributed by atoms with E-state index in [0.29, 0.717) is 18.7 Å². The molecule has 180 valence electrons. The largest absolute Gasteiger partial charge is 0.460 e. The molecule has 0 saturated carbocycles. The van der Waals surface area contributed by atoms with Crippen molar-refractivity contribution in [2.45, 2.75) is 37.1 Å². The Labute approximate surface area is 196 Å². The molecule has 1 aliphatic heterocycles. The number of carbonyl (C=O) groups is 1. The van der Waals surface area contributed by atoms with Crippen molar-refractivity contribution in [2.75, 3.05) is 26.9 Å². The Bertz CT molecular complexity index is 969. The molecule has 9 nitrogen and oxygen atoms in total. The van der Waals surface area contributed by atoms with Crippen LogP contribution >= 0.6 is 11.6 Å². The lowest BCUT2D eigenvalue weighted by atomic mass is 9.88. The Morgan fingerprint density at radius 2 is 1.94 bits per heavy atom. The molecule has 33 heavy (non-hydrogen) atoms. The third-order valence-electron chi connectivity index (χ3n) is 5.47. The Balaban J connectivity index is 1.78. The molecule has 1 saturated heterocycles. The number of halogens is 1. The van der Waals surface area contributed by atoms with Gasteiger partial charge in [-0.1, -0.05) is 29.8 Å². The minimum absolute atomic E-state index is 0.166. The maximum absolute atomic E-state index is 12.3. The zero-order valence-corrected chi connectivity index (χ0v) is 19.0. The van der Waals surface area contributed by atoms with Crippen LogP contribution in [0.1, 0.15) is 17.3 Å². The topological polar surface area (TPSA) is 138 Å². The van der Waals surface area contributed by atoms with Gasteiger partial charge in [0.05, 0.1) is 18.2 Å². The second-order valence-electron chi connectivity index (χ2n) is 7.94. The Kier molecular flexibility index (Phi) is 8.30. The number of benzene rings is 2. The number of hydrogen-bond donors (Lipinski definition) is 5. The molecule has 1 amide bonds. The molecular formula is C23H28ClNO8. The van der Waals surface area contributed by atoms with Gasteiger partial charge in [0, 0.05) is 19.2 Å². The first-order valence-electron chi connectivity index (χ1n) is 10.4. The summed E-state index contributed by atoms with van der Waals surface area (Å²) >= 11 is 6.40. The molecule has 2 unspecified atom stereocenters. The van der Waals surface area contributed by atoms with Gasteiger partial charge in [-0.15, -0.1) is 0 Å². The van der Waals surface area contributed by atoms with E-state index in [0.717, 1.165) is 11.1 Å². The maximum atomic E-state index is 12.3. The molecule has 2 aromatic rings. The van der Waals surface area contributed by atoms with E-state index in [4.69, 9.17) is 25.8 Å². The van der Waals surface area contributed by atoms with Crippen LogP contribution in [0.4, 0.5) is 0 Å². The average molecular weight is 482 g/mol. The number of aliphatic hydroxyl groups excluding tert-OH is 3. The van der Waals surface area contributed by atoms with Crippen molar-refractivity contribution in [2.24, 2.45) is 0 Å². The standard InChI is InChI=1S/C23H28ClNO8/c1-23(30)20(28)19(27)18(12-26)33-22(23)32-17-7-6-14(11-16(17)24)13-4-3-5-15(10-13)21(29)25-8-9-31-2/h3-7,10-11,18-20,22,26-28,30H,8-9,12H2,1-2H3,(H,25,29)/t18?,19-,20?,22+,23+/m1/s1. The summed E-state index contributed by atoms with van der Waals surface area (Å²) in [6.07, 6.45) is -5.62. The number of hydrogen-bond acceptors (Lipinski definition) is 8. The fraction of sp³-hybridized carbons (Fsp3) is 0.435. The van der Waals surface area contributed by atoms with Crippen LogP contribution in [-0.2, 0) is 9.47 Å². The lowest BCUT2D eigenvalue weighted by molar-refractivity contribution is -0.314. The lowest BCUT2D eigenvalue weighted by Gasteiger charge is -2.45. The first kappa shape index (κ1) is 25.4. The van der Waals surface area contributed by atoms with Crippen LogP contribution in [0.3, 0.4) is 0 Å². The molecule has 1 heterocycles. The van der Waals surface area contributed by atoms with Crippen molar-refractivity contribution in [3.05, 3.63) is 53.1 Å². The molecule has 1 aliphatic rings. The molecule has 5 N–H and O–H groups in total. The van der Waals surface area contributed by atoms with Crippen LogP contribution in [0.25, 0.3) is 11.1 Å². The maximum Gasteiger partial charge on any atom is 0.251 e. The summed E-state index contributed by atoms with van der Waals surface area (Å²) in [6.45, 7) is 1.49. The second kappa shape index (κ2) is 10.8. The molecule has 0 radical (unpaired) electrons. The van der Waals surface area contributed by atoms with Crippen molar-refractivity contribution in [3.63, 3.8) is 0 Å². The van der Waals surface area contributed by atoms with Crippen LogP contribution in [0.5, 0.6) is 5.75 Å². The number of nitrogens with one attached hydrogen (secondary N) is 1. The zero-order chi connectivity index (χ0) is 24.2. The van der Waals surface area contributed by atoms with Crippen LogP contribution in [0.2, 0.25) is 5.02 Å². The van der Waals surface area contributed by atoms with Gasteiger partial charge in [0.15, 0.2) is 5.60 Å². The molecule has 5 atom stereocenters. The molecule has 2 aromatic carbocycles. The molecule has 0 spiro atoms. The second-order valence-corrected chi connectivity index (χ2v) is 8.35. The molecule has 0 aromatic heterocycles. The molecule has 10 heteroatoms. The first-order valence-corrected chi connectivity index (χ1v) is 10.8. The van der Waals surface area contributed by atoms with Gasteiger partial charge in [-0.05, 0) is 42.3 Å². The third kappa shape index (κ3) is 5.64. The highest BCUT2D eigenvalue weighted by Gasteiger charge is 2.53. The van der Waals surface area contributed by atoms with Gasteiger partial charge in [0.25, 0.3) is 5.91 Å². The van der Waals surface area contributed by atoms with Gasteiger partial charge in [0.1, 0.15) is 24.1 Å². The molecule has 0 bridgehead atoms. The summed E-state index contributed by atoms with van der Waals surface area (Å²) in [5.74, 6) is -0.0600. The van der Waals surface area contributed by atoms with Gasteiger partial charge in [-0.3, -0.25) is 4.79 Å². The van der Waals surface area contributed by atoms with Gasteiger partial charge in [-0.2, -0.15) is 0 Å². The highest BCUT2D eigenvalue weighted by molar-refractivity contribution is 6.32. The van der Waals surface area contributed by atoms with Crippen LogP contribution in [0.15, 0.2) is 42.5 Å². The molecule has 1 fully saturated rings. The smallest absolute Gasteiger partial charge is 0.251 e. The van der Waals surface area contributed by atoms with Gasteiger partial charge in [0.2, 0.25) is 6.29 Å². The van der Waals surface area contributed by atoms with E-state index >= 15 is 0 Å². The summed E-state index contributed by atoms with van der Waals surface area (Å²) in [6, 6.07) is 11.9. The van der Waals surface area contributed by atoms with E-state index in [1.165, 1.54) is 6.92 Å². The van der Waals surface area contributed by atoms with Crippen molar-refractivity contribution in [1.29, 1.82) is 0 Å². The summed E-state index contributed by atoms with van der Waals surface area (Å²) in [5.41, 5.74) is -0.00623. The van der Waals surface area contributed by atoms with Gasteiger partial charge in [-0.25, -0.2) is 0 Å². The molecular weight excluding hydrogens is 454 g/mol. The summed E-state index contributed by atoms with van der Waals surface area (Å²) < 4.78 is 16.1. The molecule has 0 aliphatic carbocycles. The van der Waals surface area contributed by atoms with Crippen molar-refractivity contribution >= 4 is 17.5 Å². The summed E-state index contributed by atoms with van der Waals surface area (Å²) in [7, 11) is 1.56. The summed E-state index contributed by atoms with van der Waals surface area (Å²) in [5, 5.41) is 43.1. The Morgan fingerprint density at radius 1 is 1.21 bits per heavy atom. The van der Waals surface area contributed by atoms with E-state index in [2.05, 4.69) is 5.32 Å². The zero-order valence-electron chi connectivity index (χ0n) is 18.3. The fourth-order valence-corrected chi connectivity index (χ4v) is 3.69. The van der Waals surface area contributed by atoms with Crippen LogP contribution < -0.4 is 10.1 Å². The normalized spacial score (nSPS) is 27.2. The van der Waals surface area contributed by atoms with Crippen molar-refractivity contribution in [3.8, 4) is 16.9 Å². The number of carbonyl (C=O) groups excluding carboxylic acids is 1. The van der Waals surface area contributed by atoms with E-state index in [9.17, 15) is 25.2 Å². The SMILES string of the molecule is COCCNC(=O)c1cccc(-c2ccc(O[C@H]3OC(CO)[C@@H](O)C(O)[C@]3(C)O)c(Cl)c2)c1. The van der Waals surface area contributed by atoms with Crippen molar-refractivity contribution < 1.29 is 39.4 Å². The minimum Gasteiger partial charge on any atom is -0.460 e. The highest BCUT2D eigenvalue weighted by Crippen LogP contribution is 2.36. The fourth-order valence-electron chi connectivity index (χ4n) is 3.46. The summed E-state index contributed by atoms with van der Waals surface area (Å²) in [4.78, 5) is 12.3. The first-order chi connectivity index (χ1) is 15.7. The predicted octanol–water partition coefficient (Wildman–Crippen LogP) is 0.952. The highest BCUT2D eigenvalue weighted by atomic mass is 35.5. The Morgan fingerprint density at radius 3 is 2.61 bits per heavy atom. The molecule has 3 rings (SSSR count). The van der Waals surface area contributed by atoms with E-state index in [1.807, 2.05) is 6.07 Å². The Hall–Kier alpha value is -2.24. The van der Waals surface area contributed by atoms with Crippen LogP contribution in [-0.4, -0.2) is 83.4 Å². The van der Waals surface area contributed by atoms with E-state index in [-0.39, 0.29) is 16.7 Å². The van der Waals surface area contributed by atoms with Crippen molar-refractivity contribution in [1.82, 2.24) is 5.32 Å². The average Bonchev–Trinajstić information content (AvgIpc) is 2.81. The quantitative estimate of drug-likeness (QED) is 0.351. The minimum atomic E-state index is -1.96. The van der Waals surface area contributed by atoms with Gasteiger partial charge < -0.3 is 40.0 Å².